The summed E-state index contributed by atoms with van der Waals surface area (Å²) in [6.45, 7) is 7.54. The first-order chi connectivity index (χ1) is 10.3. The molecule has 1 aromatic rings. The Morgan fingerprint density at radius 3 is 2.36 bits per heavy atom. The van der Waals surface area contributed by atoms with Gasteiger partial charge in [-0.2, -0.15) is 0 Å². The zero-order valence-electron chi connectivity index (χ0n) is 13.5. The Labute approximate surface area is 132 Å². The van der Waals surface area contributed by atoms with Crippen molar-refractivity contribution in [3.05, 3.63) is 41.5 Å². The van der Waals surface area contributed by atoms with Gasteiger partial charge in [0.1, 0.15) is 0 Å². The second-order valence-electron chi connectivity index (χ2n) is 6.88. The second-order valence-corrected chi connectivity index (χ2v) is 6.88. The third kappa shape index (κ3) is 3.97. The predicted octanol–water partition coefficient (Wildman–Crippen LogP) is 2.33. The molecule has 0 aromatic heterocycles. The summed E-state index contributed by atoms with van der Waals surface area (Å²) in [5.41, 5.74) is 7.66. The molecule has 2 amide bonds. The number of rotatable bonds is 3. The first kappa shape index (κ1) is 16.3. The van der Waals surface area contributed by atoms with Gasteiger partial charge in [-0.05, 0) is 29.0 Å². The third-order valence-corrected chi connectivity index (χ3v) is 4.10. The van der Waals surface area contributed by atoms with Crippen LogP contribution in [0.15, 0.2) is 30.3 Å². The van der Waals surface area contributed by atoms with Crippen LogP contribution in [0.3, 0.4) is 0 Å². The van der Waals surface area contributed by atoms with Crippen molar-refractivity contribution in [2.24, 2.45) is 11.7 Å². The van der Waals surface area contributed by atoms with Gasteiger partial charge in [-0.15, -0.1) is 0 Å². The molecule has 4 heteroatoms. The van der Waals surface area contributed by atoms with Crippen LogP contribution >= 0.6 is 0 Å². The van der Waals surface area contributed by atoms with E-state index in [4.69, 9.17) is 5.73 Å². The highest BCUT2D eigenvalue weighted by molar-refractivity contribution is 5.92. The Morgan fingerprint density at radius 1 is 1.23 bits per heavy atom. The van der Waals surface area contributed by atoms with Gasteiger partial charge in [0.25, 0.3) is 0 Å². The van der Waals surface area contributed by atoms with Crippen molar-refractivity contribution in [3.63, 3.8) is 0 Å². The van der Waals surface area contributed by atoms with E-state index in [1.165, 1.54) is 5.56 Å². The molecule has 1 unspecified atom stereocenters. The lowest BCUT2D eigenvalue weighted by molar-refractivity contribution is -0.125. The SMILES string of the molecule is CC(C)(C)c1ccc(C=CC(=O)N2CCC(C(N)=O)C2)cc1. The van der Waals surface area contributed by atoms with Crippen molar-refractivity contribution in [3.8, 4) is 0 Å². The smallest absolute Gasteiger partial charge is 0.246 e. The Hall–Kier alpha value is -2.10. The van der Waals surface area contributed by atoms with Crippen LogP contribution in [-0.2, 0) is 15.0 Å². The molecular formula is C18H24N2O2. The van der Waals surface area contributed by atoms with E-state index in [-0.39, 0.29) is 23.1 Å². The molecule has 118 valence electrons. The first-order valence-electron chi connectivity index (χ1n) is 7.64. The summed E-state index contributed by atoms with van der Waals surface area (Å²) in [5.74, 6) is -0.593. The second kappa shape index (κ2) is 6.34. The van der Waals surface area contributed by atoms with E-state index < -0.39 is 0 Å². The average molecular weight is 300 g/mol. The van der Waals surface area contributed by atoms with Crippen LogP contribution in [0, 0.1) is 5.92 Å². The van der Waals surface area contributed by atoms with E-state index in [1.54, 1.807) is 11.0 Å². The van der Waals surface area contributed by atoms with E-state index in [9.17, 15) is 9.59 Å². The zero-order chi connectivity index (χ0) is 16.3. The number of carbonyl (C=O) groups excluding carboxylic acids is 2. The van der Waals surface area contributed by atoms with Crippen LogP contribution in [0.4, 0.5) is 0 Å². The highest BCUT2D eigenvalue weighted by atomic mass is 16.2. The summed E-state index contributed by atoms with van der Waals surface area (Å²) in [7, 11) is 0. The van der Waals surface area contributed by atoms with E-state index in [0.29, 0.717) is 19.5 Å². The van der Waals surface area contributed by atoms with Crippen molar-refractivity contribution in [1.82, 2.24) is 4.90 Å². The minimum absolute atomic E-state index is 0.0661. The standard InChI is InChI=1S/C18H24N2O2/c1-18(2,3)15-7-4-13(5-8-15)6-9-16(21)20-11-10-14(12-20)17(19)22/h4-9,14H,10-12H2,1-3H3,(H2,19,22). The maximum absolute atomic E-state index is 12.1. The van der Waals surface area contributed by atoms with Gasteiger partial charge in [-0.1, -0.05) is 45.0 Å². The van der Waals surface area contributed by atoms with Crippen molar-refractivity contribution in [2.75, 3.05) is 13.1 Å². The Morgan fingerprint density at radius 2 is 1.86 bits per heavy atom. The lowest BCUT2D eigenvalue weighted by atomic mass is 9.87. The molecule has 1 heterocycles. The fraction of sp³-hybridized carbons (Fsp3) is 0.444. The molecule has 0 radical (unpaired) electrons. The fourth-order valence-corrected chi connectivity index (χ4v) is 2.56. The molecule has 0 bridgehead atoms. The molecule has 0 saturated carbocycles. The van der Waals surface area contributed by atoms with Crippen LogP contribution in [-0.4, -0.2) is 29.8 Å². The van der Waals surface area contributed by atoms with Gasteiger partial charge < -0.3 is 10.6 Å². The molecule has 1 atom stereocenters. The van der Waals surface area contributed by atoms with E-state index >= 15 is 0 Å². The minimum Gasteiger partial charge on any atom is -0.369 e. The molecule has 2 rings (SSSR count). The molecule has 1 saturated heterocycles. The number of carbonyl (C=O) groups is 2. The summed E-state index contributed by atoms with van der Waals surface area (Å²) in [6.07, 6.45) is 4.04. The maximum atomic E-state index is 12.1. The molecule has 1 aliphatic heterocycles. The Bertz CT molecular complexity index is 582. The number of primary amides is 1. The predicted molar refractivity (Wildman–Crippen MR) is 88.1 cm³/mol. The van der Waals surface area contributed by atoms with Gasteiger partial charge >= 0.3 is 0 Å². The number of nitrogens with two attached hydrogens (primary N) is 1. The van der Waals surface area contributed by atoms with Crippen molar-refractivity contribution < 1.29 is 9.59 Å². The highest BCUT2D eigenvalue weighted by Crippen LogP contribution is 2.22. The monoisotopic (exact) mass is 300 g/mol. The molecule has 1 fully saturated rings. The van der Waals surface area contributed by atoms with Crippen molar-refractivity contribution >= 4 is 17.9 Å². The zero-order valence-corrected chi connectivity index (χ0v) is 13.5. The van der Waals surface area contributed by atoms with Crippen LogP contribution in [0.2, 0.25) is 0 Å². The van der Waals surface area contributed by atoms with Crippen LogP contribution in [0.5, 0.6) is 0 Å². The van der Waals surface area contributed by atoms with Crippen molar-refractivity contribution in [2.45, 2.75) is 32.6 Å². The van der Waals surface area contributed by atoms with Gasteiger partial charge in [0.15, 0.2) is 0 Å². The quantitative estimate of drug-likeness (QED) is 0.871. The molecule has 0 aliphatic carbocycles. The molecular weight excluding hydrogens is 276 g/mol. The molecule has 1 aromatic carbocycles. The molecule has 22 heavy (non-hydrogen) atoms. The summed E-state index contributed by atoms with van der Waals surface area (Å²) in [4.78, 5) is 24.9. The minimum atomic E-state index is -0.322. The van der Waals surface area contributed by atoms with Crippen LogP contribution in [0.25, 0.3) is 6.08 Å². The lowest BCUT2D eigenvalue weighted by Crippen LogP contribution is -2.30. The summed E-state index contributed by atoms with van der Waals surface area (Å²) in [5, 5.41) is 0. The van der Waals surface area contributed by atoms with Crippen molar-refractivity contribution in [1.29, 1.82) is 0 Å². The van der Waals surface area contributed by atoms with E-state index in [1.807, 2.05) is 18.2 Å². The number of likely N-dealkylation sites (tertiary alicyclic amines) is 1. The molecule has 2 N–H and O–H groups in total. The number of hydrogen-bond acceptors (Lipinski definition) is 2. The molecule has 4 nitrogen and oxygen atoms in total. The largest absolute Gasteiger partial charge is 0.369 e. The van der Waals surface area contributed by atoms with Gasteiger partial charge in [0.05, 0.1) is 5.92 Å². The summed E-state index contributed by atoms with van der Waals surface area (Å²) in [6, 6.07) is 8.20. The van der Waals surface area contributed by atoms with Crippen LogP contribution in [0.1, 0.15) is 38.3 Å². The lowest BCUT2D eigenvalue weighted by Gasteiger charge is -2.18. The number of hydrogen-bond donors (Lipinski definition) is 1. The van der Waals surface area contributed by atoms with Gasteiger partial charge in [0, 0.05) is 19.2 Å². The topological polar surface area (TPSA) is 63.4 Å². The average Bonchev–Trinajstić information content (AvgIpc) is 2.94. The van der Waals surface area contributed by atoms with Gasteiger partial charge in [-0.3, -0.25) is 9.59 Å². The van der Waals surface area contributed by atoms with Gasteiger partial charge in [0.2, 0.25) is 11.8 Å². The molecule has 0 spiro atoms. The fourth-order valence-electron chi connectivity index (χ4n) is 2.56. The number of nitrogens with zero attached hydrogens (tertiary/aromatic N) is 1. The Balaban J connectivity index is 1.97. The van der Waals surface area contributed by atoms with E-state index in [0.717, 1.165) is 5.56 Å². The van der Waals surface area contributed by atoms with Crippen LogP contribution < -0.4 is 5.73 Å². The normalized spacial score (nSPS) is 18.9. The maximum Gasteiger partial charge on any atom is 0.246 e. The summed E-state index contributed by atoms with van der Waals surface area (Å²) >= 11 is 0. The Kier molecular flexibility index (Phi) is 4.69. The highest BCUT2D eigenvalue weighted by Gasteiger charge is 2.28. The van der Waals surface area contributed by atoms with Gasteiger partial charge in [-0.25, -0.2) is 0 Å². The number of amides is 2. The van der Waals surface area contributed by atoms with E-state index in [2.05, 4.69) is 32.9 Å². The first-order valence-corrected chi connectivity index (χ1v) is 7.64. The molecule has 1 aliphatic rings. The summed E-state index contributed by atoms with van der Waals surface area (Å²) < 4.78 is 0. The third-order valence-electron chi connectivity index (χ3n) is 4.10. The number of benzene rings is 1.